The molecule has 1 unspecified atom stereocenters. The third-order valence-electron chi connectivity index (χ3n) is 3.21. The number of aryl methyl sites for hydroxylation is 1. The quantitative estimate of drug-likeness (QED) is 0.673. The molecule has 2 heterocycles. The second kappa shape index (κ2) is 4.37. The molecule has 92 valence electrons. The van der Waals surface area contributed by atoms with Crippen molar-refractivity contribution in [2.75, 3.05) is 0 Å². The lowest BCUT2D eigenvalue weighted by atomic mass is 10.2. The maximum atomic E-state index is 5.46. The van der Waals surface area contributed by atoms with E-state index in [-0.39, 0.29) is 6.04 Å². The Morgan fingerprint density at radius 1 is 1.33 bits per heavy atom. The Bertz CT molecular complexity index is 735. The van der Waals surface area contributed by atoms with Gasteiger partial charge in [0, 0.05) is 4.88 Å². The maximum Gasteiger partial charge on any atom is 0.178 e. The summed E-state index contributed by atoms with van der Waals surface area (Å²) in [5.74, 6) is 0. The zero-order chi connectivity index (χ0) is 12.7. The van der Waals surface area contributed by atoms with Gasteiger partial charge in [-0.15, -0.1) is 11.3 Å². The summed E-state index contributed by atoms with van der Waals surface area (Å²) >= 11 is 7.23. The molecule has 1 aromatic carbocycles. The van der Waals surface area contributed by atoms with Crippen molar-refractivity contribution in [3.8, 4) is 0 Å². The highest BCUT2D eigenvalue weighted by Crippen LogP contribution is 2.27. The molecule has 1 N–H and O–H groups in total. The van der Waals surface area contributed by atoms with Gasteiger partial charge in [0.05, 0.1) is 17.1 Å². The fourth-order valence-corrected chi connectivity index (χ4v) is 3.43. The number of fused-ring (bicyclic) bond motifs is 1. The predicted octanol–water partition coefficient (Wildman–Crippen LogP) is 4.68. The van der Waals surface area contributed by atoms with Gasteiger partial charge in [-0.05, 0) is 55.2 Å². The van der Waals surface area contributed by atoms with Crippen molar-refractivity contribution in [1.29, 1.82) is 0 Å². The fraction of sp³-hybridized carbons (Fsp3) is 0.214. The minimum absolute atomic E-state index is 0.272. The molecule has 0 spiro atoms. The van der Waals surface area contributed by atoms with Gasteiger partial charge in [-0.1, -0.05) is 12.1 Å². The molecular weight excluding hydrogens is 260 g/mol. The van der Waals surface area contributed by atoms with E-state index in [1.54, 1.807) is 11.3 Å². The van der Waals surface area contributed by atoms with E-state index in [9.17, 15) is 0 Å². The molecule has 2 nitrogen and oxygen atoms in total. The van der Waals surface area contributed by atoms with Crippen LogP contribution in [0.3, 0.4) is 0 Å². The molecule has 0 bridgehead atoms. The van der Waals surface area contributed by atoms with Crippen LogP contribution < -0.4 is 0 Å². The van der Waals surface area contributed by atoms with Crippen LogP contribution in [0.5, 0.6) is 0 Å². The molecule has 0 radical (unpaired) electrons. The summed E-state index contributed by atoms with van der Waals surface area (Å²) < 4.78 is 2.98. The van der Waals surface area contributed by atoms with Crippen LogP contribution in [0, 0.1) is 11.7 Å². The lowest BCUT2D eigenvalue weighted by Gasteiger charge is -2.12. The number of nitrogens with one attached hydrogen (secondary N) is 1. The Balaban J connectivity index is 2.23. The van der Waals surface area contributed by atoms with Crippen molar-refractivity contribution < 1.29 is 0 Å². The summed E-state index contributed by atoms with van der Waals surface area (Å²) in [6.07, 6.45) is 0. The van der Waals surface area contributed by atoms with Gasteiger partial charge in [0.15, 0.2) is 4.77 Å². The molecule has 3 aromatic rings. The smallest absolute Gasteiger partial charge is 0.178 e. The summed E-state index contributed by atoms with van der Waals surface area (Å²) in [6.45, 7) is 4.28. The molecule has 3 rings (SSSR count). The SMILES string of the molecule is Cc1ccc2c(c1)[nH]c(=S)n2C(C)c1cccs1. The van der Waals surface area contributed by atoms with E-state index in [1.165, 1.54) is 16.0 Å². The van der Waals surface area contributed by atoms with Crippen molar-refractivity contribution >= 4 is 34.6 Å². The van der Waals surface area contributed by atoms with Crippen LogP contribution in [0.4, 0.5) is 0 Å². The monoisotopic (exact) mass is 274 g/mol. The van der Waals surface area contributed by atoms with Gasteiger partial charge in [0.25, 0.3) is 0 Å². The van der Waals surface area contributed by atoms with Gasteiger partial charge >= 0.3 is 0 Å². The average Bonchev–Trinajstić information content (AvgIpc) is 2.94. The predicted molar refractivity (Wildman–Crippen MR) is 80.0 cm³/mol. The molecule has 1 atom stereocenters. The van der Waals surface area contributed by atoms with E-state index < -0.39 is 0 Å². The van der Waals surface area contributed by atoms with Gasteiger partial charge in [-0.2, -0.15) is 0 Å². The summed E-state index contributed by atoms with van der Waals surface area (Å²) in [6, 6.07) is 10.9. The highest BCUT2D eigenvalue weighted by molar-refractivity contribution is 7.71. The molecule has 18 heavy (non-hydrogen) atoms. The topological polar surface area (TPSA) is 20.7 Å². The van der Waals surface area contributed by atoms with Gasteiger partial charge in [0.1, 0.15) is 0 Å². The van der Waals surface area contributed by atoms with Crippen LogP contribution in [-0.4, -0.2) is 9.55 Å². The maximum absolute atomic E-state index is 5.46. The Morgan fingerprint density at radius 3 is 2.89 bits per heavy atom. The zero-order valence-electron chi connectivity index (χ0n) is 10.3. The van der Waals surface area contributed by atoms with E-state index in [0.29, 0.717) is 0 Å². The first-order chi connectivity index (χ1) is 8.66. The second-order valence-corrected chi connectivity index (χ2v) is 5.88. The first kappa shape index (κ1) is 11.7. The number of hydrogen-bond acceptors (Lipinski definition) is 2. The Morgan fingerprint density at radius 2 is 2.17 bits per heavy atom. The summed E-state index contributed by atoms with van der Waals surface area (Å²) in [4.78, 5) is 4.62. The van der Waals surface area contributed by atoms with Gasteiger partial charge < -0.3 is 9.55 Å². The van der Waals surface area contributed by atoms with Crippen LogP contribution in [0.15, 0.2) is 35.7 Å². The molecule has 0 amide bonds. The lowest BCUT2D eigenvalue weighted by Crippen LogP contribution is -2.04. The minimum Gasteiger partial charge on any atom is -0.331 e. The first-order valence-electron chi connectivity index (χ1n) is 5.91. The number of H-pyrrole nitrogens is 1. The first-order valence-corrected chi connectivity index (χ1v) is 7.20. The van der Waals surface area contributed by atoms with Crippen LogP contribution >= 0.6 is 23.6 Å². The third-order valence-corrected chi connectivity index (χ3v) is 4.56. The second-order valence-electron chi connectivity index (χ2n) is 4.51. The summed E-state index contributed by atoms with van der Waals surface area (Å²) in [7, 11) is 0. The van der Waals surface area contributed by atoms with E-state index >= 15 is 0 Å². The van der Waals surface area contributed by atoms with E-state index in [1.807, 2.05) is 0 Å². The molecule has 0 saturated carbocycles. The number of imidazole rings is 1. The Hall–Kier alpha value is -1.39. The number of rotatable bonds is 2. The Kier molecular flexibility index (Phi) is 2.84. The van der Waals surface area contributed by atoms with E-state index in [0.717, 1.165) is 10.3 Å². The summed E-state index contributed by atoms with van der Waals surface area (Å²) in [5, 5.41) is 2.11. The van der Waals surface area contributed by atoms with Crippen LogP contribution in [0.2, 0.25) is 0 Å². The summed E-state index contributed by atoms with van der Waals surface area (Å²) in [5.41, 5.74) is 3.53. The number of hydrogen-bond donors (Lipinski definition) is 1. The number of benzene rings is 1. The molecule has 0 saturated heterocycles. The van der Waals surface area contributed by atoms with Crippen LogP contribution in [-0.2, 0) is 0 Å². The van der Waals surface area contributed by atoms with Crippen molar-refractivity contribution in [1.82, 2.24) is 9.55 Å². The highest BCUT2D eigenvalue weighted by atomic mass is 32.1. The van der Waals surface area contributed by atoms with Crippen molar-refractivity contribution in [3.63, 3.8) is 0 Å². The number of thiophene rings is 1. The number of aromatic nitrogens is 2. The van der Waals surface area contributed by atoms with Crippen molar-refractivity contribution in [2.45, 2.75) is 19.9 Å². The van der Waals surface area contributed by atoms with Crippen LogP contribution in [0.25, 0.3) is 11.0 Å². The zero-order valence-corrected chi connectivity index (χ0v) is 11.9. The van der Waals surface area contributed by atoms with Crippen molar-refractivity contribution in [2.24, 2.45) is 0 Å². The largest absolute Gasteiger partial charge is 0.331 e. The Labute approximate surface area is 115 Å². The fourth-order valence-electron chi connectivity index (χ4n) is 2.29. The van der Waals surface area contributed by atoms with Crippen molar-refractivity contribution in [3.05, 3.63) is 50.9 Å². The molecule has 0 aliphatic carbocycles. The molecule has 2 aromatic heterocycles. The average molecular weight is 274 g/mol. The van der Waals surface area contributed by atoms with Gasteiger partial charge in [-0.3, -0.25) is 0 Å². The van der Waals surface area contributed by atoms with E-state index in [4.69, 9.17) is 12.2 Å². The normalized spacial score (nSPS) is 13.0. The molecular formula is C14H14N2S2. The number of nitrogens with zero attached hydrogens (tertiary/aromatic N) is 1. The molecule has 0 aliphatic rings. The van der Waals surface area contributed by atoms with Crippen LogP contribution in [0.1, 0.15) is 23.4 Å². The third kappa shape index (κ3) is 1.82. The van der Waals surface area contributed by atoms with Gasteiger partial charge in [-0.25, -0.2) is 0 Å². The molecule has 0 aliphatic heterocycles. The molecule has 0 fully saturated rings. The highest BCUT2D eigenvalue weighted by Gasteiger charge is 2.13. The number of aromatic amines is 1. The van der Waals surface area contributed by atoms with E-state index in [2.05, 4.69) is 59.1 Å². The standard InChI is InChI=1S/C14H14N2S2/c1-9-5-6-12-11(8-9)15-14(17)16(12)10(2)13-4-3-7-18-13/h3-8,10H,1-2H3,(H,15,17). The lowest BCUT2D eigenvalue weighted by molar-refractivity contribution is 0.661. The van der Waals surface area contributed by atoms with Gasteiger partial charge in [0.2, 0.25) is 0 Å². The molecule has 4 heteroatoms. The minimum atomic E-state index is 0.272.